The molecule has 1 aromatic heterocycles. The van der Waals surface area contributed by atoms with E-state index < -0.39 is 23.5 Å². The number of alkyl halides is 3. The van der Waals surface area contributed by atoms with Crippen LogP contribution >= 0.6 is 0 Å². The molecule has 9 heteroatoms. The van der Waals surface area contributed by atoms with Gasteiger partial charge in [0, 0.05) is 17.4 Å². The molecule has 0 spiro atoms. The molecule has 4 rings (SSSR count). The number of hydrogen-bond donors (Lipinski definition) is 2. The Balaban J connectivity index is 1.49. The Hall–Kier alpha value is -3.90. The third kappa shape index (κ3) is 7.58. The van der Waals surface area contributed by atoms with Gasteiger partial charge in [-0.2, -0.15) is 13.2 Å². The van der Waals surface area contributed by atoms with E-state index in [9.17, 15) is 22.4 Å². The van der Waals surface area contributed by atoms with Crippen LogP contribution in [0, 0.1) is 23.6 Å². The molecule has 1 aliphatic heterocycles. The largest absolute Gasteiger partial charge is 0.416 e. The smallest absolute Gasteiger partial charge is 0.383 e. The SMILES string of the molecule is CN1CCCC(CCc2ccc(NC(=O)c3ccc(F)c(C#Cc4cccnc4N)c3)cc2C(F)(F)F)CC1. The van der Waals surface area contributed by atoms with E-state index in [1.54, 1.807) is 12.1 Å². The Kier molecular flexibility index (Phi) is 8.87. The highest BCUT2D eigenvalue weighted by molar-refractivity contribution is 6.04. The maximum atomic E-state index is 14.3. The molecule has 5 nitrogen and oxygen atoms in total. The van der Waals surface area contributed by atoms with Gasteiger partial charge in [-0.3, -0.25) is 4.79 Å². The highest BCUT2D eigenvalue weighted by atomic mass is 19.4. The fourth-order valence-corrected chi connectivity index (χ4v) is 4.72. The first kappa shape index (κ1) is 28.1. The average molecular weight is 539 g/mol. The van der Waals surface area contributed by atoms with E-state index in [1.807, 2.05) is 0 Å². The molecule has 3 N–H and O–H groups in total. The van der Waals surface area contributed by atoms with Gasteiger partial charge in [0.1, 0.15) is 11.6 Å². The number of likely N-dealkylation sites (tertiary alicyclic amines) is 1. The molecule has 1 fully saturated rings. The number of nitrogens with one attached hydrogen (secondary N) is 1. The Morgan fingerprint density at radius 1 is 1.10 bits per heavy atom. The number of nitrogens with two attached hydrogens (primary N) is 1. The van der Waals surface area contributed by atoms with Gasteiger partial charge >= 0.3 is 6.18 Å². The van der Waals surface area contributed by atoms with E-state index in [0.717, 1.165) is 44.5 Å². The molecule has 1 unspecified atom stereocenters. The predicted molar refractivity (Wildman–Crippen MR) is 144 cm³/mol. The quantitative estimate of drug-likeness (QED) is 0.303. The van der Waals surface area contributed by atoms with Crippen LogP contribution in [0.15, 0.2) is 54.7 Å². The minimum atomic E-state index is -4.56. The lowest BCUT2D eigenvalue weighted by Gasteiger charge is -2.18. The Morgan fingerprint density at radius 3 is 2.67 bits per heavy atom. The number of hydrogen-bond acceptors (Lipinski definition) is 4. The maximum absolute atomic E-state index is 14.3. The fourth-order valence-electron chi connectivity index (χ4n) is 4.72. The van der Waals surface area contributed by atoms with E-state index in [1.165, 1.54) is 30.5 Å². The molecular weight excluding hydrogens is 508 g/mol. The number of halogens is 4. The Labute approximate surface area is 225 Å². The standard InChI is InChI=1S/C30H30F4N4O/c1-38-16-3-4-20(14-17-38)6-7-21-10-12-25(19-26(21)30(32,33)34)37-29(39)24-11-13-27(31)23(18-24)9-8-22-5-2-15-36-28(22)35/h2,5,10-13,15,18-20H,3-4,6-7,14,16-17H2,1H3,(H2,35,36)(H,37,39). The van der Waals surface area contributed by atoms with Gasteiger partial charge in [-0.1, -0.05) is 17.9 Å². The summed E-state index contributed by atoms with van der Waals surface area (Å²) in [6, 6.07) is 10.7. The number of rotatable bonds is 5. The summed E-state index contributed by atoms with van der Waals surface area (Å²) < 4.78 is 56.1. The minimum absolute atomic E-state index is 0.00672. The van der Waals surface area contributed by atoms with Gasteiger partial charge in [0.25, 0.3) is 5.91 Å². The van der Waals surface area contributed by atoms with Crippen LogP contribution in [0.5, 0.6) is 0 Å². The second-order valence-corrected chi connectivity index (χ2v) is 9.84. The molecule has 3 aromatic rings. The Bertz CT molecular complexity index is 1390. The van der Waals surface area contributed by atoms with Crippen molar-refractivity contribution >= 4 is 17.4 Å². The number of nitrogen functional groups attached to an aromatic ring is 1. The van der Waals surface area contributed by atoms with Gasteiger partial charge in [-0.15, -0.1) is 0 Å². The topological polar surface area (TPSA) is 71.2 Å². The first-order valence-corrected chi connectivity index (χ1v) is 12.8. The van der Waals surface area contributed by atoms with E-state index in [4.69, 9.17) is 5.73 Å². The second-order valence-electron chi connectivity index (χ2n) is 9.84. The summed E-state index contributed by atoms with van der Waals surface area (Å²) in [4.78, 5) is 19.0. The van der Waals surface area contributed by atoms with Crippen molar-refractivity contribution in [2.45, 2.75) is 38.3 Å². The Morgan fingerprint density at radius 2 is 1.90 bits per heavy atom. The highest BCUT2D eigenvalue weighted by Crippen LogP contribution is 2.35. The van der Waals surface area contributed by atoms with Crippen molar-refractivity contribution < 1.29 is 22.4 Å². The number of aromatic nitrogens is 1. The number of nitrogens with zero attached hydrogens (tertiary/aromatic N) is 2. The van der Waals surface area contributed by atoms with Crippen LogP contribution in [0.3, 0.4) is 0 Å². The molecule has 2 aromatic carbocycles. The molecule has 0 bridgehead atoms. The zero-order valence-electron chi connectivity index (χ0n) is 21.6. The number of amides is 1. The molecule has 204 valence electrons. The summed E-state index contributed by atoms with van der Waals surface area (Å²) in [5.41, 5.74) is 5.62. The summed E-state index contributed by atoms with van der Waals surface area (Å²) in [5, 5.41) is 2.50. The van der Waals surface area contributed by atoms with Crippen molar-refractivity contribution in [3.63, 3.8) is 0 Å². The molecular formula is C30H30F4N4O. The molecule has 0 radical (unpaired) electrons. The number of benzene rings is 2. The van der Waals surface area contributed by atoms with Crippen molar-refractivity contribution in [1.82, 2.24) is 9.88 Å². The van der Waals surface area contributed by atoms with Crippen LogP contribution in [0.2, 0.25) is 0 Å². The van der Waals surface area contributed by atoms with Crippen molar-refractivity contribution in [2.75, 3.05) is 31.2 Å². The molecule has 39 heavy (non-hydrogen) atoms. The van der Waals surface area contributed by atoms with Crippen molar-refractivity contribution in [3.05, 3.63) is 88.4 Å². The van der Waals surface area contributed by atoms with Crippen LogP contribution in [0.1, 0.15) is 58.3 Å². The second kappa shape index (κ2) is 12.3. The number of carbonyl (C=O) groups is 1. The zero-order chi connectivity index (χ0) is 28.0. The molecule has 2 heterocycles. The molecule has 1 aliphatic rings. The lowest BCUT2D eigenvalue weighted by atomic mass is 9.91. The van der Waals surface area contributed by atoms with Crippen molar-refractivity contribution in [1.29, 1.82) is 0 Å². The van der Waals surface area contributed by atoms with E-state index in [-0.39, 0.29) is 28.2 Å². The third-order valence-electron chi connectivity index (χ3n) is 6.97. The molecule has 1 atom stereocenters. The highest BCUT2D eigenvalue weighted by Gasteiger charge is 2.34. The van der Waals surface area contributed by atoms with Crippen LogP contribution in [-0.4, -0.2) is 35.9 Å². The van der Waals surface area contributed by atoms with Crippen LogP contribution in [0.25, 0.3) is 0 Å². The fraction of sp³-hybridized carbons (Fsp3) is 0.333. The number of carbonyl (C=O) groups excluding carboxylic acids is 1. The van der Waals surface area contributed by atoms with Crippen molar-refractivity contribution in [3.8, 4) is 11.8 Å². The normalized spacial score (nSPS) is 16.2. The predicted octanol–water partition coefficient (Wildman–Crippen LogP) is 6.14. The lowest BCUT2D eigenvalue weighted by Crippen LogP contribution is -2.19. The first-order valence-electron chi connectivity index (χ1n) is 12.8. The molecule has 1 amide bonds. The summed E-state index contributed by atoms with van der Waals surface area (Å²) >= 11 is 0. The molecule has 0 aliphatic carbocycles. The minimum Gasteiger partial charge on any atom is -0.383 e. The van der Waals surface area contributed by atoms with Gasteiger partial charge in [-0.05, 0) is 106 Å². The third-order valence-corrected chi connectivity index (χ3v) is 6.97. The number of pyridine rings is 1. The molecule has 0 saturated carbocycles. The van der Waals surface area contributed by atoms with Gasteiger partial charge in [0.05, 0.1) is 16.7 Å². The monoisotopic (exact) mass is 538 g/mol. The van der Waals surface area contributed by atoms with E-state index in [0.29, 0.717) is 24.3 Å². The van der Waals surface area contributed by atoms with Gasteiger partial charge < -0.3 is 16.0 Å². The summed E-state index contributed by atoms with van der Waals surface area (Å²) in [6.45, 7) is 1.97. The number of anilines is 2. The van der Waals surface area contributed by atoms with Crippen molar-refractivity contribution in [2.24, 2.45) is 5.92 Å². The summed E-state index contributed by atoms with van der Waals surface area (Å²) in [6.07, 6.45) is 0.981. The molecule has 1 saturated heterocycles. The van der Waals surface area contributed by atoms with Crippen LogP contribution in [-0.2, 0) is 12.6 Å². The maximum Gasteiger partial charge on any atom is 0.416 e. The summed E-state index contributed by atoms with van der Waals surface area (Å²) in [5.74, 6) is 4.61. The van der Waals surface area contributed by atoms with Gasteiger partial charge in [0.15, 0.2) is 0 Å². The van der Waals surface area contributed by atoms with Gasteiger partial charge in [-0.25, -0.2) is 9.37 Å². The zero-order valence-corrected chi connectivity index (χ0v) is 21.6. The van der Waals surface area contributed by atoms with Crippen LogP contribution < -0.4 is 11.1 Å². The summed E-state index contributed by atoms with van der Waals surface area (Å²) in [7, 11) is 2.07. The van der Waals surface area contributed by atoms with E-state index >= 15 is 0 Å². The van der Waals surface area contributed by atoms with E-state index in [2.05, 4.69) is 34.1 Å². The average Bonchev–Trinajstić information content (AvgIpc) is 3.11. The first-order chi connectivity index (χ1) is 18.6. The lowest BCUT2D eigenvalue weighted by molar-refractivity contribution is -0.138. The van der Waals surface area contributed by atoms with Crippen LogP contribution in [0.4, 0.5) is 29.1 Å². The van der Waals surface area contributed by atoms with Gasteiger partial charge in [0.2, 0.25) is 0 Å². The number of aryl methyl sites for hydroxylation is 1.